The number of hydrogen-bond acceptors (Lipinski definition) is 2. The number of carbonyl (C=O) groups is 1. The average Bonchev–Trinajstić information content (AvgIpc) is 2.51. The second kappa shape index (κ2) is 5.68. The number of fused-ring (bicyclic) bond motifs is 1. The highest BCUT2D eigenvalue weighted by molar-refractivity contribution is 6.42. The topological polar surface area (TPSA) is 49.3 Å². The molecule has 108 valence electrons. The van der Waals surface area contributed by atoms with Gasteiger partial charge in [0.1, 0.15) is 0 Å². The first-order valence-electron chi connectivity index (χ1n) is 6.62. The predicted molar refractivity (Wildman–Crippen MR) is 84.3 cm³/mol. The van der Waals surface area contributed by atoms with E-state index in [2.05, 4.69) is 5.32 Å². The van der Waals surface area contributed by atoms with Crippen LogP contribution in [0, 0.1) is 0 Å². The zero-order valence-electron chi connectivity index (χ0n) is 11.1. The molecule has 2 aromatic carbocycles. The van der Waals surface area contributed by atoms with Crippen molar-refractivity contribution in [1.82, 2.24) is 5.32 Å². The Labute approximate surface area is 132 Å². The molecule has 3 rings (SSSR count). The van der Waals surface area contributed by atoms with E-state index in [4.69, 9.17) is 28.3 Å². The van der Waals surface area contributed by atoms with E-state index in [0.717, 1.165) is 35.2 Å². The molecule has 0 fully saturated rings. The van der Waals surface area contributed by atoms with E-state index in [-0.39, 0.29) is 5.56 Å². The van der Waals surface area contributed by atoms with Gasteiger partial charge in [0.2, 0.25) is 0 Å². The van der Waals surface area contributed by atoms with E-state index in [1.165, 1.54) is 0 Å². The highest BCUT2D eigenvalue weighted by atomic mass is 35.5. The summed E-state index contributed by atoms with van der Waals surface area (Å²) in [5.41, 5.74) is 4.19. The summed E-state index contributed by atoms with van der Waals surface area (Å²) in [6, 6.07) is 8.69. The van der Waals surface area contributed by atoms with Gasteiger partial charge in [-0.15, -0.1) is 0 Å². The first kappa shape index (κ1) is 14.4. The fourth-order valence-corrected chi connectivity index (χ4v) is 3.17. The Morgan fingerprint density at radius 1 is 1.19 bits per heavy atom. The number of carboxylic acid groups (broad SMARTS) is 1. The van der Waals surface area contributed by atoms with Crippen LogP contribution in [0.15, 0.2) is 30.3 Å². The first-order valence-corrected chi connectivity index (χ1v) is 7.37. The quantitative estimate of drug-likeness (QED) is 0.878. The summed E-state index contributed by atoms with van der Waals surface area (Å²) in [6.45, 7) is 1.57. The van der Waals surface area contributed by atoms with Crippen molar-refractivity contribution in [3.8, 4) is 11.1 Å². The number of carboxylic acids is 1. The maximum Gasteiger partial charge on any atom is 0.335 e. The summed E-state index contributed by atoms with van der Waals surface area (Å²) in [5, 5.41) is 13.6. The fraction of sp³-hybridized carbons (Fsp3) is 0.188. The zero-order chi connectivity index (χ0) is 15.0. The van der Waals surface area contributed by atoms with Gasteiger partial charge < -0.3 is 10.4 Å². The van der Waals surface area contributed by atoms with Crippen LogP contribution in [-0.2, 0) is 13.0 Å². The molecule has 0 atom stereocenters. The number of benzene rings is 2. The second-order valence-electron chi connectivity index (χ2n) is 4.99. The van der Waals surface area contributed by atoms with Crippen LogP contribution in [0.1, 0.15) is 21.5 Å². The third-order valence-electron chi connectivity index (χ3n) is 3.71. The molecule has 0 amide bonds. The minimum absolute atomic E-state index is 0.260. The number of hydrogen-bond donors (Lipinski definition) is 2. The van der Waals surface area contributed by atoms with Crippen molar-refractivity contribution in [2.24, 2.45) is 0 Å². The minimum Gasteiger partial charge on any atom is -0.478 e. The van der Waals surface area contributed by atoms with Crippen LogP contribution in [0.3, 0.4) is 0 Å². The molecule has 0 aromatic heterocycles. The van der Waals surface area contributed by atoms with Crippen LogP contribution in [0.2, 0.25) is 10.0 Å². The average molecular weight is 322 g/mol. The zero-order valence-corrected chi connectivity index (χ0v) is 12.6. The van der Waals surface area contributed by atoms with Gasteiger partial charge in [-0.3, -0.25) is 0 Å². The first-order chi connectivity index (χ1) is 10.1. The molecule has 3 nitrogen and oxygen atoms in total. The summed E-state index contributed by atoms with van der Waals surface area (Å²) in [4.78, 5) is 11.1. The number of rotatable bonds is 2. The second-order valence-corrected chi connectivity index (χ2v) is 5.77. The Morgan fingerprint density at radius 2 is 2.00 bits per heavy atom. The standard InChI is InChI=1S/C16H13Cl2NO2/c17-14-7-12(9-2-1-3-10(6-9)16(20)21)13-8-19-5-4-11(13)15(14)18/h1-3,6-7,19H,4-5,8H2,(H,20,21). The van der Waals surface area contributed by atoms with E-state index in [9.17, 15) is 4.79 Å². The fourth-order valence-electron chi connectivity index (χ4n) is 2.68. The minimum atomic E-state index is -0.941. The van der Waals surface area contributed by atoms with Gasteiger partial charge in [0.05, 0.1) is 15.6 Å². The van der Waals surface area contributed by atoms with E-state index in [1.54, 1.807) is 18.2 Å². The third-order valence-corrected chi connectivity index (χ3v) is 4.54. The van der Waals surface area contributed by atoms with E-state index in [1.807, 2.05) is 12.1 Å². The molecule has 0 unspecified atom stereocenters. The molecule has 0 radical (unpaired) electrons. The molecule has 0 aliphatic carbocycles. The van der Waals surface area contributed by atoms with Gasteiger partial charge in [-0.05, 0) is 53.4 Å². The van der Waals surface area contributed by atoms with Gasteiger partial charge in [0, 0.05) is 6.54 Å². The monoisotopic (exact) mass is 321 g/mol. The highest BCUT2D eigenvalue weighted by Crippen LogP contribution is 2.38. The van der Waals surface area contributed by atoms with Gasteiger partial charge in [0.25, 0.3) is 0 Å². The van der Waals surface area contributed by atoms with Crippen LogP contribution < -0.4 is 5.32 Å². The largest absolute Gasteiger partial charge is 0.478 e. The Bertz CT molecular complexity index is 728. The van der Waals surface area contributed by atoms with Crippen LogP contribution in [-0.4, -0.2) is 17.6 Å². The van der Waals surface area contributed by atoms with E-state index in [0.29, 0.717) is 16.6 Å². The molecular weight excluding hydrogens is 309 g/mol. The molecule has 1 aliphatic rings. The number of nitrogens with one attached hydrogen (secondary N) is 1. The highest BCUT2D eigenvalue weighted by Gasteiger charge is 2.20. The Hall–Kier alpha value is -1.55. The summed E-state index contributed by atoms with van der Waals surface area (Å²) >= 11 is 12.5. The van der Waals surface area contributed by atoms with Crippen molar-refractivity contribution < 1.29 is 9.90 Å². The Morgan fingerprint density at radius 3 is 2.76 bits per heavy atom. The van der Waals surface area contributed by atoms with E-state index >= 15 is 0 Å². The van der Waals surface area contributed by atoms with Crippen LogP contribution in [0.25, 0.3) is 11.1 Å². The molecule has 0 bridgehead atoms. The summed E-state index contributed by atoms with van der Waals surface area (Å²) < 4.78 is 0. The van der Waals surface area contributed by atoms with Gasteiger partial charge in [-0.1, -0.05) is 35.3 Å². The van der Waals surface area contributed by atoms with Crippen LogP contribution >= 0.6 is 23.2 Å². The molecule has 1 heterocycles. The van der Waals surface area contributed by atoms with Gasteiger partial charge in [-0.2, -0.15) is 0 Å². The molecule has 5 heteroatoms. The molecule has 1 aliphatic heterocycles. The molecule has 0 saturated carbocycles. The lowest BCUT2D eigenvalue weighted by atomic mass is 9.91. The van der Waals surface area contributed by atoms with Crippen molar-refractivity contribution in [3.63, 3.8) is 0 Å². The van der Waals surface area contributed by atoms with Crippen molar-refractivity contribution >= 4 is 29.2 Å². The molecule has 2 N–H and O–H groups in total. The Balaban J connectivity index is 2.21. The molecule has 0 saturated heterocycles. The number of aromatic carboxylic acids is 1. The summed E-state index contributed by atoms with van der Waals surface area (Å²) in [5.74, 6) is -0.941. The Kier molecular flexibility index (Phi) is 3.89. The summed E-state index contributed by atoms with van der Waals surface area (Å²) in [6.07, 6.45) is 0.820. The lowest BCUT2D eigenvalue weighted by Gasteiger charge is -2.23. The SMILES string of the molecule is O=C(O)c1cccc(-c2cc(Cl)c(Cl)c3c2CNCC3)c1. The van der Waals surface area contributed by atoms with E-state index < -0.39 is 5.97 Å². The molecular formula is C16H13Cl2NO2. The lowest BCUT2D eigenvalue weighted by Crippen LogP contribution is -2.24. The van der Waals surface area contributed by atoms with Crippen molar-refractivity contribution in [1.29, 1.82) is 0 Å². The van der Waals surface area contributed by atoms with Crippen LogP contribution in [0.5, 0.6) is 0 Å². The third kappa shape index (κ3) is 2.64. The molecule has 2 aromatic rings. The van der Waals surface area contributed by atoms with Crippen molar-refractivity contribution in [3.05, 3.63) is 57.1 Å². The van der Waals surface area contributed by atoms with Crippen molar-refractivity contribution in [2.75, 3.05) is 6.54 Å². The molecule has 0 spiro atoms. The van der Waals surface area contributed by atoms with Gasteiger partial charge >= 0.3 is 5.97 Å². The van der Waals surface area contributed by atoms with Crippen LogP contribution in [0.4, 0.5) is 0 Å². The predicted octanol–water partition coefficient (Wildman–Crippen LogP) is 4.00. The summed E-state index contributed by atoms with van der Waals surface area (Å²) in [7, 11) is 0. The maximum atomic E-state index is 11.1. The maximum absolute atomic E-state index is 11.1. The van der Waals surface area contributed by atoms with Gasteiger partial charge in [-0.25, -0.2) is 4.79 Å². The van der Waals surface area contributed by atoms with Crippen molar-refractivity contribution in [2.45, 2.75) is 13.0 Å². The smallest absolute Gasteiger partial charge is 0.335 e. The lowest BCUT2D eigenvalue weighted by molar-refractivity contribution is 0.0697. The number of halogens is 2. The van der Waals surface area contributed by atoms with Gasteiger partial charge in [0.15, 0.2) is 0 Å². The molecule has 21 heavy (non-hydrogen) atoms. The normalized spacial score (nSPS) is 13.8.